The fourth-order valence-electron chi connectivity index (χ4n) is 2.33. The Morgan fingerprint density at radius 3 is 2.43 bits per heavy atom. The first-order valence-corrected chi connectivity index (χ1v) is 7.41. The van der Waals surface area contributed by atoms with Crippen molar-refractivity contribution in [1.82, 2.24) is 4.90 Å². The number of amides is 1. The van der Waals surface area contributed by atoms with E-state index in [2.05, 4.69) is 0 Å². The molecular formula is C16H20F3NO3. The third-order valence-corrected chi connectivity index (χ3v) is 3.36. The lowest BCUT2D eigenvalue weighted by Gasteiger charge is -2.24. The average Bonchev–Trinajstić information content (AvgIpc) is 2.84. The minimum atomic E-state index is -1.08. The van der Waals surface area contributed by atoms with Crippen LogP contribution in [-0.2, 0) is 4.74 Å². The number of benzene rings is 1. The Kier molecular flexibility index (Phi) is 5.06. The van der Waals surface area contributed by atoms with Gasteiger partial charge < -0.3 is 14.4 Å². The Labute approximate surface area is 133 Å². The normalized spacial score (nSPS) is 18.2. The second kappa shape index (κ2) is 6.68. The molecule has 1 aliphatic heterocycles. The predicted octanol–water partition coefficient (Wildman–Crippen LogP) is 3.74. The summed E-state index contributed by atoms with van der Waals surface area (Å²) in [6, 6.07) is 1.14. The van der Waals surface area contributed by atoms with Gasteiger partial charge in [0.2, 0.25) is 0 Å². The van der Waals surface area contributed by atoms with Gasteiger partial charge in [-0.05, 0) is 27.2 Å². The highest BCUT2D eigenvalue weighted by Crippen LogP contribution is 2.25. The van der Waals surface area contributed by atoms with Gasteiger partial charge in [-0.2, -0.15) is 0 Å². The van der Waals surface area contributed by atoms with Gasteiger partial charge in [0.15, 0.2) is 17.4 Å². The van der Waals surface area contributed by atoms with Crippen molar-refractivity contribution >= 4 is 6.09 Å². The number of halogens is 3. The van der Waals surface area contributed by atoms with Gasteiger partial charge in [0.05, 0.1) is 6.61 Å². The lowest BCUT2D eigenvalue weighted by Crippen LogP contribution is -2.35. The molecular weight excluding hydrogens is 311 g/mol. The molecule has 0 aromatic heterocycles. The Bertz CT molecular complexity index is 563. The minimum absolute atomic E-state index is 0.0404. The molecule has 4 nitrogen and oxygen atoms in total. The van der Waals surface area contributed by atoms with Crippen LogP contribution in [0.1, 0.15) is 27.2 Å². The lowest BCUT2D eigenvalue weighted by atomic mass is 10.1. The molecule has 1 aromatic rings. The maximum absolute atomic E-state index is 13.5. The van der Waals surface area contributed by atoms with Gasteiger partial charge in [0.1, 0.15) is 11.4 Å². The molecule has 0 aliphatic carbocycles. The van der Waals surface area contributed by atoms with Crippen LogP contribution in [0.5, 0.6) is 5.75 Å². The van der Waals surface area contributed by atoms with E-state index in [0.717, 1.165) is 0 Å². The van der Waals surface area contributed by atoms with E-state index in [1.165, 1.54) is 4.90 Å². The smallest absolute Gasteiger partial charge is 0.410 e. The maximum atomic E-state index is 13.5. The standard InChI is InChI=1S/C16H20F3NO3/c1-16(2,3)23-15(21)20-5-4-10(8-20)9-22-14-12(18)6-11(17)7-13(14)19/h6-7,10H,4-5,8-9H2,1-3H3/t10-/m1/s1. The summed E-state index contributed by atoms with van der Waals surface area (Å²) in [5.41, 5.74) is -0.577. The first-order chi connectivity index (χ1) is 10.7. The largest absolute Gasteiger partial charge is 0.487 e. The molecule has 128 valence electrons. The van der Waals surface area contributed by atoms with Crippen molar-refractivity contribution in [1.29, 1.82) is 0 Å². The van der Waals surface area contributed by atoms with Crippen molar-refractivity contribution in [3.8, 4) is 5.75 Å². The summed E-state index contributed by atoms with van der Waals surface area (Å²) in [6.45, 7) is 6.26. The van der Waals surface area contributed by atoms with Crippen molar-refractivity contribution in [3.63, 3.8) is 0 Å². The van der Waals surface area contributed by atoms with Crippen molar-refractivity contribution < 1.29 is 27.4 Å². The Morgan fingerprint density at radius 1 is 1.26 bits per heavy atom. The Morgan fingerprint density at radius 2 is 1.87 bits per heavy atom. The number of hydrogen-bond acceptors (Lipinski definition) is 3. The number of nitrogens with zero attached hydrogens (tertiary/aromatic N) is 1. The molecule has 2 rings (SSSR count). The number of likely N-dealkylation sites (tertiary alicyclic amines) is 1. The number of hydrogen-bond donors (Lipinski definition) is 0. The second-order valence-electron chi connectivity index (χ2n) is 6.59. The molecule has 0 bridgehead atoms. The molecule has 1 fully saturated rings. The summed E-state index contributed by atoms with van der Waals surface area (Å²) in [5, 5.41) is 0. The van der Waals surface area contributed by atoms with E-state index in [0.29, 0.717) is 31.6 Å². The predicted molar refractivity (Wildman–Crippen MR) is 77.7 cm³/mol. The summed E-state index contributed by atoms with van der Waals surface area (Å²) < 4.78 is 50.2. The van der Waals surface area contributed by atoms with E-state index in [-0.39, 0.29) is 12.5 Å². The van der Waals surface area contributed by atoms with Gasteiger partial charge in [-0.25, -0.2) is 18.0 Å². The monoisotopic (exact) mass is 331 g/mol. The molecule has 0 N–H and O–H groups in total. The second-order valence-corrected chi connectivity index (χ2v) is 6.59. The summed E-state index contributed by atoms with van der Waals surface area (Å²) in [4.78, 5) is 13.5. The Hall–Kier alpha value is -1.92. The number of ether oxygens (including phenoxy) is 2. The first kappa shape index (κ1) is 17.4. The van der Waals surface area contributed by atoms with Gasteiger partial charge >= 0.3 is 6.09 Å². The SMILES string of the molecule is CC(C)(C)OC(=O)N1CC[C@@H](COc2c(F)cc(F)cc2F)C1. The molecule has 7 heteroatoms. The van der Waals surface area contributed by atoms with E-state index in [9.17, 15) is 18.0 Å². The summed E-state index contributed by atoms with van der Waals surface area (Å²) in [7, 11) is 0. The van der Waals surface area contributed by atoms with E-state index < -0.39 is 34.9 Å². The van der Waals surface area contributed by atoms with Crippen molar-refractivity contribution in [2.75, 3.05) is 19.7 Å². The van der Waals surface area contributed by atoms with Crippen LogP contribution in [0, 0.1) is 23.4 Å². The third-order valence-electron chi connectivity index (χ3n) is 3.36. The topological polar surface area (TPSA) is 38.8 Å². The number of carbonyl (C=O) groups is 1. The molecule has 0 unspecified atom stereocenters. The molecule has 0 spiro atoms. The molecule has 23 heavy (non-hydrogen) atoms. The molecule has 1 amide bonds. The van der Waals surface area contributed by atoms with Crippen LogP contribution >= 0.6 is 0 Å². The number of carbonyl (C=O) groups excluding carboxylic acids is 1. The molecule has 1 saturated heterocycles. The fraction of sp³-hybridized carbons (Fsp3) is 0.562. The lowest BCUT2D eigenvalue weighted by molar-refractivity contribution is 0.0284. The highest BCUT2D eigenvalue weighted by atomic mass is 19.1. The van der Waals surface area contributed by atoms with Gasteiger partial charge in [0, 0.05) is 31.1 Å². The maximum Gasteiger partial charge on any atom is 0.410 e. The zero-order valence-electron chi connectivity index (χ0n) is 13.4. The zero-order valence-corrected chi connectivity index (χ0v) is 13.4. The summed E-state index contributed by atoms with van der Waals surface area (Å²) in [5.74, 6) is -3.81. The van der Waals surface area contributed by atoms with Gasteiger partial charge in [-0.3, -0.25) is 0 Å². The van der Waals surface area contributed by atoms with E-state index in [1.54, 1.807) is 20.8 Å². The highest BCUT2D eigenvalue weighted by Gasteiger charge is 2.30. The average molecular weight is 331 g/mol. The van der Waals surface area contributed by atoms with Crippen molar-refractivity contribution in [3.05, 3.63) is 29.6 Å². The molecule has 1 atom stereocenters. The minimum Gasteiger partial charge on any atom is -0.487 e. The van der Waals surface area contributed by atoms with Crippen molar-refractivity contribution in [2.45, 2.75) is 32.8 Å². The van der Waals surface area contributed by atoms with Crippen LogP contribution < -0.4 is 4.74 Å². The third kappa shape index (κ3) is 4.77. The van der Waals surface area contributed by atoms with E-state index in [1.807, 2.05) is 0 Å². The molecule has 1 aromatic carbocycles. The van der Waals surface area contributed by atoms with Crippen LogP contribution in [0.15, 0.2) is 12.1 Å². The highest BCUT2D eigenvalue weighted by molar-refractivity contribution is 5.68. The van der Waals surface area contributed by atoms with Crippen LogP contribution in [0.4, 0.5) is 18.0 Å². The fourth-order valence-corrected chi connectivity index (χ4v) is 2.33. The van der Waals surface area contributed by atoms with Crippen molar-refractivity contribution in [2.24, 2.45) is 5.92 Å². The summed E-state index contributed by atoms with van der Waals surface area (Å²) in [6.07, 6.45) is 0.225. The molecule has 1 heterocycles. The zero-order chi connectivity index (χ0) is 17.2. The van der Waals surface area contributed by atoms with Crippen LogP contribution in [0.25, 0.3) is 0 Å². The van der Waals surface area contributed by atoms with Crippen LogP contribution in [-0.4, -0.2) is 36.3 Å². The molecule has 1 aliphatic rings. The molecule has 0 radical (unpaired) electrons. The van der Waals surface area contributed by atoms with Crippen LogP contribution in [0.2, 0.25) is 0 Å². The first-order valence-electron chi connectivity index (χ1n) is 7.41. The van der Waals surface area contributed by atoms with Gasteiger partial charge in [0.25, 0.3) is 0 Å². The summed E-state index contributed by atoms with van der Waals surface area (Å²) >= 11 is 0. The quantitative estimate of drug-likeness (QED) is 0.847. The van der Waals surface area contributed by atoms with Crippen LogP contribution in [0.3, 0.4) is 0 Å². The number of rotatable bonds is 3. The van der Waals surface area contributed by atoms with Gasteiger partial charge in [-0.15, -0.1) is 0 Å². The van der Waals surface area contributed by atoms with E-state index in [4.69, 9.17) is 9.47 Å². The van der Waals surface area contributed by atoms with Gasteiger partial charge in [-0.1, -0.05) is 0 Å². The Balaban J connectivity index is 1.88. The molecule has 0 saturated carbocycles. The van der Waals surface area contributed by atoms with E-state index >= 15 is 0 Å².